The minimum absolute atomic E-state index is 0.229. The molecule has 0 radical (unpaired) electrons. The van der Waals surface area contributed by atoms with Gasteiger partial charge in [-0.15, -0.1) is 0 Å². The van der Waals surface area contributed by atoms with Gasteiger partial charge in [0.25, 0.3) is 0 Å². The molecule has 0 bridgehead atoms. The fourth-order valence-electron chi connectivity index (χ4n) is 1.36. The predicted octanol–water partition coefficient (Wildman–Crippen LogP) is 2.60. The van der Waals surface area contributed by atoms with E-state index in [9.17, 15) is 8.42 Å². The van der Waals surface area contributed by atoms with Crippen molar-refractivity contribution in [2.75, 3.05) is 23.9 Å². The van der Waals surface area contributed by atoms with E-state index in [4.69, 9.17) is 0 Å². The molecular formula is C11H16BrNO2S. The fraction of sp³-hybridized carbons (Fsp3) is 0.455. The van der Waals surface area contributed by atoms with Gasteiger partial charge in [-0.25, -0.2) is 8.42 Å². The summed E-state index contributed by atoms with van der Waals surface area (Å²) in [6.45, 7) is 2.69. The average molecular weight is 306 g/mol. The van der Waals surface area contributed by atoms with E-state index in [0.717, 1.165) is 15.7 Å². The molecule has 0 aliphatic heterocycles. The van der Waals surface area contributed by atoms with Gasteiger partial charge in [0, 0.05) is 23.0 Å². The van der Waals surface area contributed by atoms with Gasteiger partial charge in [0.1, 0.15) is 9.84 Å². The highest BCUT2D eigenvalue weighted by Gasteiger charge is 2.03. The summed E-state index contributed by atoms with van der Waals surface area (Å²) in [7, 11) is -2.85. The lowest BCUT2D eigenvalue weighted by atomic mass is 10.2. The number of nitrogens with one attached hydrogen (secondary N) is 1. The highest BCUT2D eigenvalue weighted by molar-refractivity contribution is 9.10. The molecule has 0 saturated carbocycles. The van der Waals surface area contributed by atoms with Gasteiger partial charge in [-0.2, -0.15) is 0 Å². The molecule has 3 nitrogen and oxygen atoms in total. The number of rotatable bonds is 5. The number of hydrogen-bond acceptors (Lipinski definition) is 3. The number of anilines is 1. The second-order valence-corrected chi connectivity index (χ2v) is 6.94. The van der Waals surface area contributed by atoms with Crippen LogP contribution in [0.5, 0.6) is 0 Å². The summed E-state index contributed by atoms with van der Waals surface area (Å²) in [5.74, 6) is 0.229. The molecule has 0 aliphatic rings. The minimum Gasteiger partial charge on any atom is -0.385 e. The fourth-order valence-corrected chi connectivity index (χ4v) is 2.39. The Morgan fingerprint density at radius 1 is 1.38 bits per heavy atom. The van der Waals surface area contributed by atoms with Crippen LogP contribution in [0.4, 0.5) is 5.69 Å². The lowest BCUT2D eigenvalue weighted by molar-refractivity contribution is 0.600. The Bertz CT molecular complexity index is 457. The Morgan fingerprint density at radius 2 is 2.06 bits per heavy atom. The Hall–Kier alpha value is -0.550. The van der Waals surface area contributed by atoms with Crippen molar-refractivity contribution in [2.45, 2.75) is 13.3 Å². The third-order valence-corrected chi connectivity index (χ3v) is 4.16. The SMILES string of the molecule is Cc1c(Br)cccc1NCCCS(C)(=O)=O. The largest absolute Gasteiger partial charge is 0.385 e. The topological polar surface area (TPSA) is 46.2 Å². The summed E-state index contributed by atoms with van der Waals surface area (Å²) in [5, 5.41) is 3.23. The first kappa shape index (κ1) is 13.5. The molecule has 90 valence electrons. The number of benzene rings is 1. The second-order valence-electron chi connectivity index (χ2n) is 3.82. The molecule has 0 heterocycles. The number of hydrogen-bond donors (Lipinski definition) is 1. The Labute approximate surface area is 105 Å². The predicted molar refractivity (Wildman–Crippen MR) is 71.7 cm³/mol. The molecule has 0 saturated heterocycles. The van der Waals surface area contributed by atoms with Crippen molar-refractivity contribution in [1.82, 2.24) is 0 Å². The zero-order valence-corrected chi connectivity index (χ0v) is 11.9. The van der Waals surface area contributed by atoms with Crippen LogP contribution in [-0.4, -0.2) is 27.0 Å². The first-order valence-corrected chi connectivity index (χ1v) is 7.92. The minimum atomic E-state index is -2.85. The van der Waals surface area contributed by atoms with Crippen LogP contribution in [-0.2, 0) is 9.84 Å². The Balaban J connectivity index is 2.47. The molecule has 0 atom stereocenters. The van der Waals surface area contributed by atoms with Gasteiger partial charge in [0.05, 0.1) is 5.75 Å². The maximum atomic E-state index is 10.9. The molecule has 0 aliphatic carbocycles. The quantitative estimate of drug-likeness (QED) is 0.851. The van der Waals surface area contributed by atoms with Gasteiger partial charge < -0.3 is 5.32 Å². The summed E-state index contributed by atoms with van der Waals surface area (Å²) >= 11 is 3.45. The van der Waals surface area contributed by atoms with E-state index < -0.39 is 9.84 Å². The third kappa shape index (κ3) is 4.53. The van der Waals surface area contributed by atoms with Crippen LogP contribution in [0, 0.1) is 6.92 Å². The first-order valence-electron chi connectivity index (χ1n) is 5.07. The molecule has 5 heteroatoms. The lowest BCUT2D eigenvalue weighted by Crippen LogP contribution is -2.10. The van der Waals surface area contributed by atoms with Crippen LogP contribution >= 0.6 is 15.9 Å². The van der Waals surface area contributed by atoms with Crippen molar-refractivity contribution in [3.63, 3.8) is 0 Å². The van der Waals surface area contributed by atoms with E-state index in [-0.39, 0.29) is 5.75 Å². The number of sulfone groups is 1. The first-order chi connectivity index (χ1) is 7.40. The van der Waals surface area contributed by atoms with Crippen molar-refractivity contribution in [1.29, 1.82) is 0 Å². The van der Waals surface area contributed by atoms with E-state index in [0.29, 0.717) is 13.0 Å². The molecule has 0 unspecified atom stereocenters. The summed E-state index contributed by atoms with van der Waals surface area (Å²) in [6.07, 6.45) is 1.89. The molecule has 1 N–H and O–H groups in total. The zero-order chi connectivity index (χ0) is 12.2. The molecule has 1 aromatic rings. The van der Waals surface area contributed by atoms with E-state index >= 15 is 0 Å². The van der Waals surface area contributed by atoms with Crippen molar-refractivity contribution in [3.8, 4) is 0 Å². The van der Waals surface area contributed by atoms with Crippen LogP contribution in [0.2, 0.25) is 0 Å². The van der Waals surface area contributed by atoms with Gasteiger partial charge in [-0.05, 0) is 31.0 Å². The Kier molecular flexibility index (Phi) is 4.80. The van der Waals surface area contributed by atoms with Crippen molar-refractivity contribution in [3.05, 3.63) is 28.2 Å². The maximum absolute atomic E-state index is 10.9. The van der Waals surface area contributed by atoms with Crippen LogP contribution in [0.1, 0.15) is 12.0 Å². The van der Waals surface area contributed by atoms with E-state index in [1.165, 1.54) is 6.26 Å². The van der Waals surface area contributed by atoms with E-state index in [2.05, 4.69) is 21.2 Å². The van der Waals surface area contributed by atoms with Gasteiger partial charge in [-0.3, -0.25) is 0 Å². The summed E-state index contributed by atoms with van der Waals surface area (Å²) in [4.78, 5) is 0. The summed E-state index contributed by atoms with van der Waals surface area (Å²) < 4.78 is 22.9. The molecular weight excluding hydrogens is 290 g/mol. The van der Waals surface area contributed by atoms with Crippen molar-refractivity contribution >= 4 is 31.5 Å². The second kappa shape index (κ2) is 5.68. The molecule has 1 rings (SSSR count). The van der Waals surface area contributed by atoms with Crippen LogP contribution in [0.25, 0.3) is 0 Å². The van der Waals surface area contributed by atoms with Gasteiger partial charge in [0.15, 0.2) is 0 Å². The van der Waals surface area contributed by atoms with Crippen molar-refractivity contribution < 1.29 is 8.42 Å². The highest BCUT2D eigenvalue weighted by atomic mass is 79.9. The summed E-state index contributed by atoms with van der Waals surface area (Å²) in [5.41, 5.74) is 2.18. The lowest BCUT2D eigenvalue weighted by Gasteiger charge is -2.10. The highest BCUT2D eigenvalue weighted by Crippen LogP contribution is 2.23. The van der Waals surface area contributed by atoms with E-state index in [1.807, 2.05) is 25.1 Å². The molecule has 0 fully saturated rings. The average Bonchev–Trinajstić information content (AvgIpc) is 2.17. The van der Waals surface area contributed by atoms with Gasteiger partial charge in [0.2, 0.25) is 0 Å². The Morgan fingerprint density at radius 3 is 2.69 bits per heavy atom. The summed E-state index contributed by atoms with van der Waals surface area (Å²) in [6, 6.07) is 5.92. The molecule has 0 amide bonds. The monoisotopic (exact) mass is 305 g/mol. The zero-order valence-electron chi connectivity index (χ0n) is 9.46. The van der Waals surface area contributed by atoms with Gasteiger partial charge in [-0.1, -0.05) is 22.0 Å². The van der Waals surface area contributed by atoms with Crippen LogP contribution in [0.3, 0.4) is 0 Å². The molecule has 16 heavy (non-hydrogen) atoms. The van der Waals surface area contributed by atoms with Crippen LogP contribution in [0.15, 0.2) is 22.7 Å². The molecule has 0 spiro atoms. The third-order valence-electron chi connectivity index (χ3n) is 2.28. The van der Waals surface area contributed by atoms with Gasteiger partial charge >= 0.3 is 0 Å². The van der Waals surface area contributed by atoms with Crippen molar-refractivity contribution in [2.24, 2.45) is 0 Å². The standard InChI is InChI=1S/C11H16BrNO2S/c1-9-10(12)5-3-6-11(9)13-7-4-8-16(2,14)15/h3,5-6,13H,4,7-8H2,1-2H3. The molecule has 1 aromatic carbocycles. The maximum Gasteiger partial charge on any atom is 0.147 e. The van der Waals surface area contributed by atoms with E-state index in [1.54, 1.807) is 0 Å². The normalized spacial score (nSPS) is 11.4. The molecule has 0 aromatic heterocycles. The van der Waals surface area contributed by atoms with Crippen LogP contribution < -0.4 is 5.32 Å². The number of halogens is 1. The smallest absolute Gasteiger partial charge is 0.147 e.